The van der Waals surface area contributed by atoms with Crippen LogP contribution in [0, 0.1) is 0 Å². The number of methoxy groups -OCH3 is 1. The van der Waals surface area contributed by atoms with E-state index in [1.807, 2.05) is 0 Å². The van der Waals surface area contributed by atoms with Gasteiger partial charge in [0.15, 0.2) is 11.5 Å². The van der Waals surface area contributed by atoms with E-state index in [1.54, 1.807) is 0 Å². The average molecular weight is 247 g/mol. The van der Waals surface area contributed by atoms with Crippen molar-refractivity contribution >= 4 is 5.91 Å². The lowest BCUT2D eigenvalue weighted by Gasteiger charge is -2.10. The van der Waals surface area contributed by atoms with Gasteiger partial charge in [-0.15, -0.1) is 0 Å². The summed E-state index contributed by atoms with van der Waals surface area (Å²) in [4.78, 5) is 15.8. The molecule has 94 valence electrons. The van der Waals surface area contributed by atoms with Crippen LogP contribution in [-0.4, -0.2) is 26.7 Å². The van der Waals surface area contributed by atoms with Crippen molar-refractivity contribution < 1.29 is 27.9 Å². The fourth-order valence-corrected chi connectivity index (χ4v) is 1.15. The smallest absolute Gasteiger partial charge is 0.387 e. The second kappa shape index (κ2) is 6.00. The fourth-order valence-electron chi connectivity index (χ4n) is 1.15. The first kappa shape index (κ1) is 13.2. The van der Waals surface area contributed by atoms with E-state index in [0.717, 1.165) is 0 Å². The number of carbonyl (C=O) groups is 1. The third-order valence-corrected chi connectivity index (χ3v) is 1.84. The summed E-state index contributed by atoms with van der Waals surface area (Å²) in [5.74, 6) is -0.625. The average Bonchev–Trinajstić information content (AvgIpc) is 2.29. The molecule has 0 aliphatic heterocycles. The van der Waals surface area contributed by atoms with Crippen LogP contribution in [0.15, 0.2) is 18.2 Å². The van der Waals surface area contributed by atoms with Crippen LogP contribution in [0.4, 0.5) is 8.78 Å². The Labute approximate surface area is 96.2 Å². The molecule has 0 radical (unpaired) electrons. The number of halogens is 2. The second-order valence-electron chi connectivity index (χ2n) is 2.88. The SMILES string of the molecule is CONC(=O)c1ccc(OC(F)F)c(OC)c1. The van der Waals surface area contributed by atoms with Gasteiger partial charge in [0.25, 0.3) is 5.91 Å². The molecule has 0 unspecified atom stereocenters. The lowest BCUT2D eigenvalue weighted by atomic mass is 10.2. The Hall–Kier alpha value is -1.89. The third kappa shape index (κ3) is 3.56. The van der Waals surface area contributed by atoms with Gasteiger partial charge in [0.05, 0.1) is 14.2 Å². The van der Waals surface area contributed by atoms with Gasteiger partial charge in [0, 0.05) is 5.56 Å². The summed E-state index contributed by atoms with van der Waals surface area (Å²) in [5.41, 5.74) is 2.29. The Balaban J connectivity index is 2.95. The quantitative estimate of drug-likeness (QED) is 0.803. The van der Waals surface area contributed by atoms with Crippen molar-refractivity contribution in [3.05, 3.63) is 23.8 Å². The normalized spacial score (nSPS) is 10.2. The molecule has 1 amide bonds. The summed E-state index contributed by atoms with van der Waals surface area (Å²) in [6, 6.07) is 3.80. The molecule has 0 aromatic heterocycles. The lowest BCUT2D eigenvalue weighted by molar-refractivity contribution is -0.0512. The molecule has 0 saturated heterocycles. The largest absolute Gasteiger partial charge is 0.493 e. The molecule has 0 aliphatic rings. The van der Waals surface area contributed by atoms with Crippen molar-refractivity contribution in [1.82, 2.24) is 5.48 Å². The Morgan fingerprint density at radius 3 is 2.53 bits per heavy atom. The molecule has 0 heterocycles. The van der Waals surface area contributed by atoms with E-state index in [4.69, 9.17) is 4.74 Å². The van der Waals surface area contributed by atoms with Crippen LogP contribution in [0.1, 0.15) is 10.4 Å². The van der Waals surface area contributed by atoms with Gasteiger partial charge in [-0.25, -0.2) is 5.48 Å². The van der Waals surface area contributed by atoms with Crippen molar-refractivity contribution in [3.63, 3.8) is 0 Å². The van der Waals surface area contributed by atoms with Gasteiger partial charge in [0.1, 0.15) is 0 Å². The predicted octanol–water partition coefficient (Wildman–Crippen LogP) is 1.59. The number of carbonyl (C=O) groups excluding carboxylic acids is 1. The Bertz CT molecular complexity index is 398. The van der Waals surface area contributed by atoms with Crippen molar-refractivity contribution in [3.8, 4) is 11.5 Å². The van der Waals surface area contributed by atoms with E-state index < -0.39 is 12.5 Å². The molecule has 7 heteroatoms. The van der Waals surface area contributed by atoms with Gasteiger partial charge < -0.3 is 9.47 Å². The standard InChI is InChI=1S/C10H11F2NO4/c1-15-8-5-6(9(14)13-16-2)3-4-7(8)17-10(11)12/h3-5,10H,1-2H3,(H,13,14). The highest BCUT2D eigenvalue weighted by atomic mass is 19.3. The number of ether oxygens (including phenoxy) is 2. The molecule has 17 heavy (non-hydrogen) atoms. The molecule has 0 saturated carbocycles. The summed E-state index contributed by atoms with van der Waals surface area (Å²) in [6.07, 6.45) is 0. The van der Waals surface area contributed by atoms with Crippen molar-refractivity contribution in [2.45, 2.75) is 6.61 Å². The van der Waals surface area contributed by atoms with Crippen LogP contribution in [0.25, 0.3) is 0 Å². The fraction of sp³-hybridized carbons (Fsp3) is 0.300. The molecule has 1 aromatic rings. The molecular weight excluding hydrogens is 236 g/mol. The maximum atomic E-state index is 12.0. The van der Waals surface area contributed by atoms with Crippen LogP contribution in [-0.2, 0) is 4.84 Å². The van der Waals surface area contributed by atoms with Crippen molar-refractivity contribution in [2.75, 3.05) is 14.2 Å². The number of nitrogens with one attached hydrogen (secondary N) is 1. The van der Waals surface area contributed by atoms with Crippen LogP contribution < -0.4 is 15.0 Å². The Kier molecular flexibility index (Phi) is 4.65. The molecule has 5 nitrogen and oxygen atoms in total. The van der Waals surface area contributed by atoms with E-state index in [2.05, 4.69) is 15.1 Å². The van der Waals surface area contributed by atoms with Gasteiger partial charge in [-0.3, -0.25) is 9.63 Å². The maximum absolute atomic E-state index is 12.0. The van der Waals surface area contributed by atoms with Gasteiger partial charge in [0.2, 0.25) is 0 Å². The highest BCUT2D eigenvalue weighted by Gasteiger charge is 2.13. The zero-order valence-electron chi connectivity index (χ0n) is 9.20. The van der Waals surface area contributed by atoms with Gasteiger partial charge in [-0.05, 0) is 18.2 Å². The Morgan fingerprint density at radius 1 is 1.29 bits per heavy atom. The van der Waals surface area contributed by atoms with E-state index in [0.29, 0.717) is 0 Å². The lowest BCUT2D eigenvalue weighted by Crippen LogP contribution is -2.21. The molecule has 0 spiro atoms. The maximum Gasteiger partial charge on any atom is 0.387 e. The molecule has 0 fully saturated rings. The summed E-state index contributed by atoms with van der Waals surface area (Å²) >= 11 is 0. The molecule has 0 atom stereocenters. The topological polar surface area (TPSA) is 56.8 Å². The predicted molar refractivity (Wildman–Crippen MR) is 54.1 cm³/mol. The molecule has 0 aliphatic carbocycles. The van der Waals surface area contributed by atoms with Crippen molar-refractivity contribution in [1.29, 1.82) is 0 Å². The highest BCUT2D eigenvalue weighted by molar-refractivity contribution is 5.94. The van der Waals surface area contributed by atoms with Crippen LogP contribution in [0.3, 0.4) is 0 Å². The summed E-state index contributed by atoms with van der Waals surface area (Å²) in [6.45, 7) is -2.96. The third-order valence-electron chi connectivity index (χ3n) is 1.84. The molecule has 1 N–H and O–H groups in total. The van der Waals surface area contributed by atoms with Crippen LogP contribution in [0.5, 0.6) is 11.5 Å². The number of hydrogen-bond donors (Lipinski definition) is 1. The number of hydrogen-bond acceptors (Lipinski definition) is 4. The first-order valence-electron chi connectivity index (χ1n) is 4.54. The summed E-state index contributed by atoms with van der Waals surface area (Å²) < 4.78 is 33.1. The number of benzene rings is 1. The van der Waals surface area contributed by atoms with Gasteiger partial charge in [-0.2, -0.15) is 8.78 Å². The number of rotatable bonds is 5. The molecule has 1 aromatic carbocycles. The zero-order chi connectivity index (χ0) is 12.8. The minimum atomic E-state index is -2.96. The number of amides is 1. The van der Waals surface area contributed by atoms with E-state index >= 15 is 0 Å². The molecular formula is C10H11F2NO4. The molecule has 1 rings (SSSR count). The molecule has 0 bridgehead atoms. The highest BCUT2D eigenvalue weighted by Crippen LogP contribution is 2.29. The monoisotopic (exact) mass is 247 g/mol. The zero-order valence-corrected chi connectivity index (χ0v) is 9.20. The second-order valence-corrected chi connectivity index (χ2v) is 2.88. The summed E-state index contributed by atoms with van der Waals surface area (Å²) in [5, 5.41) is 0. The van der Waals surface area contributed by atoms with E-state index in [1.165, 1.54) is 32.4 Å². The Morgan fingerprint density at radius 2 is 2.00 bits per heavy atom. The number of hydroxylamine groups is 1. The first-order valence-corrected chi connectivity index (χ1v) is 4.54. The minimum Gasteiger partial charge on any atom is -0.493 e. The summed E-state index contributed by atoms with van der Waals surface area (Å²) in [7, 11) is 2.56. The number of alkyl halides is 2. The minimum absolute atomic E-state index is 0.0362. The van der Waals surface area contributed by atoms with E-state index in [-0.39, 0.29) is 17.1 Å². The van der Waals surface area contributed by atoms with Gasteiger partial charge >= 0.3 is 6.61 Å². The van der Waals surface area contributed by atoms with E-state index in [9.17, 15) is 13.6 Å². The van der Waals surface area contributed by atoms with Crippen LogP contribution in [0.2, 0.25) is 0 Å². The van der Waals surface area contributed by atoms with Crippen LogP contribution >= 0.6 is 0 Å². The van der Waals surface area contributed by atoms with Gasteiger partial charge in [-0.1, -0.05) is 0 Å². The van der Waals surface area contributed by atoms with Crippen molar-refractivity contribution in [2.24, 2.45) is 0 Å². The first-order chi connectivity index (χ1) is 8.08.